The van der Waals surface area contributed by atoms with Crippen molar-refractivity contribution in [3.05, 3.63) is 0 Å². The molecule has 1 unspecified atom stereocenters. The highest BCUT2D eigenvalue weighted by Gasteiger charge is 2.44. The Morgan fingerprint density at radius 1 is 0.500 bits per heavy atom. The van der Waals surface area contributed by atoms with Crippen LogP contribution >= 0.6 is 0 Å². The van der Waals surface area contributed by atoms with Crippen LogP contribution in [0.4, 0.5) is 0 Å². The molecule has 6 heteroatoms. The molecular formula is C26H56O5Si. The zero-order valence-corrected chi connectivity index (χ0v) is 24.3. The van der Waals surface area contributed by atoms with Crippen LogP contribution in [0.25, 0.3) is 0 Å². The second kappa shape index (κ2) is 24.2. The molecule has 0 aromatic carbocycles. The maximum Gasteiger partial charge on any atom is 0.336 e. The SMILES string of the molecule is CCCCCCOC(O[SiH3])C(OCCCCCC)(OCCCCCC)OCCCCCC. The smallest absolute Gasteiger partial charge is 0.336 e. The van der Waals surface area contributed by atoms with E-state index in [1.54, 1.807) is 0 Å². The van der Waals surface area contributed by atoms with Crippen LogP contribution in [-0.2, 0) is 23.4 Å². The molecule has 32 heavy (non-hydrogen) atoms. The van der Waals surface area contributed by atoms with Crippen LogP contribution in [0.15, 0.2) is 0 Å². The molecule has 0 saturated carbocycles. The lowest BCUT2D eigenvalue weighted by molar-refractivity contribution is -0.445. The molecule has 0 spiro atoms. The first kappa shape index (κ1) is 32.0. The molecule has 0 fully saturated rings. The van der Waals surface area contributed by atoms with Gasteiger partial charge in [-0.05, 0) is 25.7 Å². The number of hydrogen-bond acceptors (Lipinski definition) is 5. The molecule has 0 saturated heterocycles. The number of hydrogen-bond donors (Lipinski definition) is 0. The topological polar surface area (TPSA) is 46.2 Å². The molecule has 0 aromatic heterocycles. The molecule has 0 radical (unpaired) electrons. The zero-order chi connectivity index (χ0) is 23.8. The molecule has 194 valence electrons. The first-order valence-corrected chi connectivity index (χ1v) is 14.6. The molecular weight excluding hydrogens is 420 g/mol. The quantitative estimate of drug-likeness (QED) is 0.0794. The van der Waals surface area contributed by atoms with Crippen molar-refractivity contribution in [2.75, 3.05) is 26.4 Å². The summed E-state index contributed by atoms with van der Waals surface area (Å²) < 4.78 is 31.1. The van der Waals surface area contributed by atoms with Gasteiger partial charge in [0.25, 0.3) is 0 Å². The average molecular weight is 477 g/mol. The second-order valence-corrected chi connectivity index (χ2v) is 9.30. The predicted octanol–water partition coefficient (Wildman–Crippen LogP) is 6.65. The van der Waals surface area contributed by atoms with Gasteiger partial charge in [-0.25, -0.2) is 0 Å². The van der Waals surface area contributed by atoms with Crippen molar-refractivity contribution in [1.29, 1.82) is 0 Å². The van der Waals surface area contributed by atoms with Gasteiger partial charge in [-0.3, -0.25) is 0 Å². The summed E-state index contributed by atoms with van der Waals surface area (Å²) in [7, 11) is 0.540. The fourth-order valence-corrected chi connectivity index (χ4v) is 4.02. The van der Waals surface area contributed by atoms with E-state index in [-0.39, 0.29) is 0 Å². The highest BCUT2D eigenvalue weighted by atomic mass is 28.2. The van der Waals surface area contributed by atoms with E-state index >= 15 is 0 Å². The molecule has 0 bridgehead atoms. The van der Waals surface area contributed by atoms with Crippen molar-refractivity contribution in [1.82, 2.24) is 0 Å². The number of unbranched alkanes of at least 4 members (excludes halogenated alkanes) is 12. The Kier molecular flexibility index (Phi) is 24.2. The Bertz CT molecular complexity index is 334. The summed E-state index contributed by atoms with van der Waals surface area (Å²) in [5.74, 6) is -1.25. The first-order valence-electron chi connectivity index (χ1n) is 13.8. The molecule has 0 aliphatic rings. The van der Waals surface area contributed by atoms with Crippen molar-refractivity contribution in [2.45, 2.75) is 143 Å². The van der Waals surface area contributed by atoms with Gasteiger partial charge in [-0.1, -0.05) is 105 Å². The van der Waals surface area contributed by atoms with E-state index in [9.17, 15) is 0 Å². The van der Waals surface area contributed by atoms with Crippen LogP contribution in [-0.4, -0.2) is 49.2 Å². The number of rotatable bonds is 26. The Morgan fingerprint density at radius 3 is 1.16 bits per heavy atom. The minimum Gasteiger partial charge on any atom is -0.398 e. The number of ether oxygens (including phenoxy) is 4. The maximum atomic E-state index is 6.35. The summed E-state index contributed by atoms with van der Waals surface area (Å²) in [5, 5.41) is 0. The third kappa shape index (κ3) is 16.6. The van der Waals surface area contributed by atoms with Gasteiger partial charge in [-0.15, -0.1) is 0 Å². The van der Waals surface area contributed by atoms with Crippen LogP contribution in [0, 0.1) is 0 Å². The van der Waals surface area contributed by atoms with Gasteiger partial charge in [0.05, 0.1) is 26.4 Å². The van der Waals surface area contributed by atoms with Gasteiger partial charge in [0.15, 0.2) is 0 Å². The van der Waals surface area contributed by atoms with Crippen molar-refractivity contribution < 1.29 is 23.4 Å². The van der Waals surface area contributed by atoms with E-state index in [2.05, 4.69) is 27.7 Å². The van der Waals surface area contributed by atoms with E-state index in [0.717, 1.165) is 44.9 Å². The molecule has 1 atom stereocenters. The lowest BCUT2D eigenvalue weighted by Crippen LogP contribution is -2.53. The summed E-state index contributed by atoms with van der Waals surface area (Å²) in [6.07, 6.45) is 17.8. The lowest BCUT2D eigenvalue weighted by Gasteiger charge is -2.38. The minimum absolute atomic E-state index is 0.540. The van der Waals surface area contributed by atoms with Gasteiger partial charge in [0.2, 0.25) is 6.29 Å². The fraction of sp³-hybridized carbons (Fsp3) is 1.00. The Labute approximate surface area is 203 Å². The van der Waals surface area contributed by atoms with Crippen molar-refractivity contribution in [2.24, 2.45) is 0 Å². The second-order valence-electron chi connectivity index (χ2n) is 8.83. The maximum absolute atomic E-state index is 6.35. The summed E-state index contributed by atoms with van der Waals surface area (Å²) in [5.41, 5.74) is 0. The normalized spacial score (nSPS) is 13.1. The zero-order valence-electron chi connectivity index (χ0n) is 22.3. The lowest BCUT2D eigenvalue weighted by atomic mass is 10.2. The largest absolute Gasteiger partial charge is 0.398 e. The van der Waals surface area contributed by atoms with Gasteiger partial charge in [0.1, 0.15) is 10.5 Å². The van der Waals surface area contributed by atoms with Crippen LogP contribution in [0.3, 0.4) is 0 Å². The summed E-state index contributed by atoms with van der Waals surface area (Å²) >= 11 is 0. The van der Waals surface area contributed by atoms with Crippen LogP contribution in [0.1, 0.15) is 130 Å². The predicted molar refractivity (Wildman–Crippen MR) is 138 cm³/mol. The fourth-order valence-electron chi connectivity index (χ4n) is 3.59. The van der Waals surface area contributed by atoms with Gasteiger partial charge in [-0.2, -0.15) is 0 Å². The van der Waals surface area contributed by atoms with Crippen molar-refractivity contribution in [3.8, 4) is 0 Å². The molecule has 0 aromatic rings. The van der Waals surface area contributed by atoms with Gasteiger partial charge < -0.3 is 23.4 Å². The highest BCUT2D eigenvalue weighted by molar-refractivity contribution is 5.98. The molecule has 0 N–H and O–H groups in total. The van der Waals surface area contributed by atoms with Crippen molar-refractivity contribution >= 4 is 10.5 Å². The molecule has 0 aliphatic carbocycles. The standard InChI is InChI=1S/C26H56O5Si/c1-5-9-13-17-21-27-25(31-32)26(28-22-18-14-10-6-2,29-23-19-15-11-7-3)30-24-20-16-12-8-4/h25H,5-24H2,1-4,32H3. The molecule has 5 nitrogen and oxygen atoms in total. The average Bonchev–Trinajstić information content (AvgIpc) is 2.80. The third-order valence-electron chi connectivity index (χ3n) is 5.67. The highest BCUT2D eigenvalue weighted by Crippen LogP contribution is 2.26. The van der Waals surface area contributed by atoms with Crippen LogP contribution in [0.2, 0.25) is 0 Å². The Morgan fingerprint density at radius 2 is 0.844 bits per heavy atom. The third-order valence-corrected chi connectivity index (χ3v) is 6.10. The molecule has 0 heterocycles. The Hall–Kier alpha value is 0.0169. The Balaban J connectivity index is 5.13. The monoisotopic (exact) mass is 476 g/mol. The van der Waals surface area contributed by atoms with Gasteiger partial charge >= 0.3 is 5.97 Å². The van der Waals surface area contributed by atoms with Crippen LogP contribution in [0.5, 0.6) is 0 Å². The van der Waals surface area contributed by atoms with E-state index in [0.29, 0.717) is 36.9 Å². The van der Waals surface area contributed by atoms with E-state index in [1.165, 1.54) is 57.8 Å². The van der Waals surface area contributed by atoms with E-state index < -0.39 is 12.3 Å². The van der Waals surface area contributed by atoms with Crippen molar-refractivity contribution in [3.63, 3.8) is 0 Å². The summed E-state index contributed by atoms with van der Waals surface area (Å²) in [6, 6.07) is 0. The van der Waals surface area contributed by atoms with E-state index in [1.807, 2.05) is 0 Å². The van der Waals surface area contributed by atoms with Gasteiger partial charge in [0, 0.05) is 0 Å². The molecule has 0 aliphatic heterocycles. The van der Waals surface area contributed by atoms with E-state index in [4.69, 9.17) is 23.4 Å². The summed E-state index contributed by atoms with van der Waals surface area (Å²) in [4.78, 5) is 0. The first-order chi connectivity index (χ1) is 15.7. The minimum atomic E-state index is -1.25. The van der Waals surface area contributed by atoms with Crippen LogP contribution < -0.4 is 0 Å². The molecule has 0 rings (SSSR count). The summed E-state index contributed by atoms with van der Waals surface area (Å²) in [6.45, 7) is 11.3. The molecule has 0 amide bonds.